The number of carbonyl (C=O) groups is 1. The fourth-order valence-corrected chi connectivity index (χ4v) is 3.03. The van der Waals surface area contributed by atoms with Gasteiger partial charge in [0.1, 0.15) is 36.0 Å². The maximum absolute atomic E-state index is 12.5. The minimum absolute atomic E-state index is 0.163. The van der Waals surface area contributed by atoms with Gasteiger partial charge in [0.2, 0.25) is 0 Å². The fraction of sp³-hybridized carbons (Fsp3) is 0.208. The molecule has 0 unspecified atom stereocenters. The summed E-state index contributed by atoms with van der Waals surface area (Å²) in [6.07, 6.45) is 0. The molecule has 0 bridgehead atoms. The Hall–Kier alpha value is -3.81. The molecule has 0 aliphatic heterocycles. The summed E-state index contributed by atoms with van der Waals surface area (Å²) in [7, 11) is 6.01. The summed E-state index contributed by atoms with van der Waals surface area (Å²) >= 11 is 0. The zero-order valence-corrected chi connectivity index (χ0v) is 18.5. The molecule has 0 saturated heterocycles. The summed E-state index contributed by atoms with van der Waals surface area (Å²) < 4.78 is 32.8. The van der Waals surface area contributed by atoms with Gasteiger partial charge in [-0.3, -0.25) is 0 Å². The van der Waals surface area contributed by atoms with E-state index >= 15 is 0 Å². The molecule has 3 rings (SSSR count). The van der Waals surface area contributed by atoms with Crippen molar-refractivity contribution in [2.45, 2.75) is 13.2 Å². The monoisotopic (exact) mass is 436 g/mol. The molecule has 166 valence electrons. The quantitative estimate of drug-likeness (QED) is 0.450. The molecule has 0 aromatic heterocycles. The van der Waals surface area contributed by atoms with Gasteiger partial charge in [0.05, 0.1) is 21.3 Å². The zero-order valence-electron chi connectivity index (χ0n) is 18.5. The fourth-order valence-electron chi connectivity index (χ4n) is 3.03. The topological polar surface area (TPSA) is 72.5 Å². The summed E-state index contributed by atoms with van der Waals surface area (Å²) in [5, 5.41) is 0. The highest BCUT2D eigenvalue weighted by molar-refractivity contribution is 6.11. The van der Waals surface area contributed by atoms with Crippen LogP contribution in [0.1, 0.15) is 21.5 Å². The largest absolute Gasteiger partial charge is 0.540 e. The maximum atomic E-state index is 12.5. The number of hydrogen-bond donors (Lipinski definition) is 0. The number of methoxy groups -OCH3 is 3. The first-order chi connectivity index (χ1) is 15.6. The van der Waals surface area contributed by atoms with Crippen molar-refractivity contribution >= 4 is 14.0 Å². The first-order valence-electron chi connectivity index (χ1n) is 9.90. The molecule has 0 N–H and O–H groups in total. The highest BCUT2D eigenvalue weighted by Gasteiger charge is 2.24. The number of hydrogen-bond acceptors (Lipinski definition) is 7. The molecular weight excluding hydrogens is 411 g/mol. The Morgan fingerprint density at radius 2 is 1.19 bits per heavy atom. The van der Waals surface area contributed by atoms with Gasteiger partial charge >= 0.3 is 14.0 Å². The maximum Gasteiger partial charge on any atom is 0.327 e. The molecule has 0 amide bonds. The van der Waals surface area contributed by atoms with Gasteiger partial charge in [0.25, 0.3) is 0 Å². The van der Waals surface area contributed by atoms with Crippen LogP contribution in [0.5, 0.6) is 28.7 Å². The molecule has 7 nitrogen and oxygen atoms in total. The van der Waals surface area contributed by atoms with Gasteiger partial charge < -0.3 is 28.3 Å². The lowest BCUT2D eigenvalue weighted by atomic mass is 10.1. The third-order valence-corrected chi connectivity index (χ3v) is 4.79. The van der Waals surface area contributed by atoms with Crippen LogP contribution in [-0.4, -0.2) is 35.3 Å². The van der Waals surface area contributed by atoms with Gasteiger partial charge in [0.15, 0.2) is 11.5 Å². The highest BCUT2D eigenvalue weighted by Crippen LogP contribution is 2.39. The highest BCUT2D eigenvalue weighted by atomic mass is 16.5. The van der Waals surface area contributed by atoms with E-state index in [2.05, 4.69) is 0 Å². The summed E-state index contributed by atoms with van der Waals surface area (Å²) in [6.45, 7) is 0.482. The van der Waals surface area contributed by atoms with Gasteiger partial charge in [-0.05, 0) is 47.5 Å². The van der Waals surface area contributed by atoms with Crippen LogP contribution in [0.2, 0.25) is 0 Å². The Labute approximate surface area is 188 Å². The predicted octanol–water partition coefficient (Wildman–Crippen LogP) is 3.58. The van der Waals surface area contributed by atoms with Crippen molar-refractivity contribution in [2.24, 2.45) is 0 Å². The molecule has 8 heteroatoms. The minimum Gasteiger partial charge on any atom is -0.540 e. The Morgan fingerprint density at radius 1 is 0.688 bits per heavy atom. The molecule has 0 spiro atoms. The zero-order chi connectivity index (χ0) is 22.9. The van der Waals surface area contributed by atoms with Crippen LogP contribution in [0.25, 0.3) is 0 Å². The molecule has 0 heterocycles. The first kappa shape index (κ1) is 22.9. The summed E-state index contributed by atoms with van der Waals surface area (Å²) in [5.41, 5.74) is 1.99. The molecule has 3 aromatic rings. The van der Waals surface area contributed by atoms with Crippen molar-refractivity contribution in [1.82, 2.24) is 0 Å². The second-order valence-corrected chi connectivity index (χ2v) is 6.74. The van der Waals surface area contributed by atoms with Crippen molar-refractivity contribution in [2.75, 3.05) is 21.3 Å². The predicted molar refractivity (Wildman–Crippen MR) is 122 cm³/mol. The Balaban J connectivity index is 1.88. The van der Waals surface area contributed by atoms with E-state index in [-0.39, 0.29) is 24.5 Å². The lowest BCUT2D eigenvalue weighted by molar-refractivity contribution is 0.0739. The van der Waals surface area contributed by atoms with Gasteiger partial charge in [0, 0.05) is 0 Å². The summed E-state index contributed by atoms with van der Waals surface area (Å²) in [6, 6.07) is 18.3. The van der Waals surface area contributed by atoms with Crippen molar-refractivity contribution in [3.05, 3.63) is 77.4 Å². The summed E-state index contributed by atoms with van der Waals surface area (Å²) in [4.78, 5) is 12.5. The van der Waals surface area contributed by atoms with E-state index in [9.17, 15) is 4.79 Å². The minimum atomic E-state index is -0.582. The van der Waals surface area contributed by atoms with Crippen molar-refractivity contribution in [3.63, 3.8) is 0 Å². The van der Waals surface area contributed by atoms with Crippen LogP contribution in [0.15, 0.2) is 60.7 Å². The van der Waals surface area contributed by atoms with Crippen LogP contribution >= 0.6 is 0 Å². The Kier molecular flexibility index (Phi) is 7.86. The van der Waals surface area contributed by atoms with Crippen molar-refractivity contribution in [1.29, 1.82) is 0 Å². The number of benzene rings is 3. The van der Waals surface area contributed by atoms with E-state index in [0.29, 0.717) is 11.5 Å². The Morgan fingerprint density at radius 3 is 1.66 bits per heavy atom. The number of rotatable bonds is 10. The lowest BCUT2D eigenvalue weighted by Crippen LogP contribution is -2.10. The molecule has 3 aromatic carbocycles. The normalized spacial score (nSPS) is 10.2. The smallest absolute Gasteiger partial charge is 0.327 e. The van der Waals surface area contributed by atoms with E-state index in [0.717, 1.165) is 22.6 Å². The van der Waals surface area contributed by atoms with Crippen LogP contribution in [0.3, 0.4) is 0 Å². The molecule has 0 atom stereocenters. The van der Waals surface area contributed by atoms with Crippen LogP contribution in [-0.2, 0) is 17.9 Å². The second-order valence-electron chi connectivity index (χ2n) is 6.74. The standard InChI is InChI=1S/C24H25BO7/c1-27-18-8-4-16(5-9-18)14-30-21-13-12-20(29-3)22(24(26)32-25)23(21)31-15-17-6-10-19(28-2)11-7-17/h4-13H,14-15,25H2,1-3H3. The average Bonchev–Trinajstić information content (AvgIpc) is 2.86. The average molecular weight is 436 g/mol. The van der Waals surface area contributed by atoms with E-state index in [1.807, 2.05) is 48.5 Å². The third-order valence-electron chi connectivity index (χ3n) is 4.79. The van der Waals surface area contributed by atoms with Gasteiger partial charge in [-0.1, -0.05) is 24.3 Å². The van der Waals surface area contributed by atoms with Crippen LogP contribution in [0, 0.1) is 0 Å². The SMILES string of the molecule is BOC(=O)c1c(OC)ccc(OCc2ccc(OC)cc2)c1OCc1ccc(OC)cc1. The van der Waals surface area contributed by atoms with E-state index in [1.165, 1.54) is 15.2 Å². The third kappa shape index (κ3) is 5.46. The molecule has 32 heavy (non-hydrogen) atoms. The van der Waals surface area contributed by atoms with Crippen molar-refractivity contribution in [3.8, 4) is 28.7 Å². The van der Waals surface area contributed by atoms with E-state index in [4.69, 9.17) is 28.3 Å². The Bertz CT molecular complexity index is 1030. The molecular formula is C24H25BO7. The first-order valence-corrected chi connectivity index (χ1v) is 9.90. The van der Waals surface area contributed by atoms with Crippen LogP contribution in [0.4, 0.5) is 0 Å². The molecule has 0 fully saturated rings. The number of ether oxygens (including phenoxy) is 5. The van der Waals surface area contributed by atoms with Gasteiger partial charge in [-0.2, -0.15) is 0 Å². The second kappa shape index (κ2) is 11.0. The molecule has 0 saturated carbocycles. The van der Waals surface area contributed by atoms with Crippen LogP contribution < -0.4 is 23.7 Å². The van der Waals surface area contributed by atoms with Gasteiger partial charge in [-0.25, -0.2) is 4.79 Å². The number of carbonyl (C=O) groups excluding carboxylic acids is 1. The lowest BCUT2D eigenvalue weighted by Gasteiger charge is -2.18. The van der Waals surface area contributed by atoms with Crippen molar-refractivity contribution < 1.29 is 33.1 Å². The molecule has 0 aliphatic rings. The van der Waals surface area contributed by atoms with E-state index in [1.54, 1.807) is 26.4 Å². The summed E-state index contributed by atoms with van der Waals surface area (Å²) in [5.74, 6) is 1.90. The molecule has 0 aliphatic carbocycles. The molecule has 0 radical (unpaired) electrons. The van der Waals surface area contributed by atoms with E-state index < -0.39 is 5.97 Å². The van der Waals surface area contributed by atoms with Gasteiger partial charge in [-0.15, -0.1) is 0 Å².